The molecule has 0 saturated carbocycles. The minimum absolute atomic E-state index is 0.000778. The topological polar surface area (TPSA) is 71.2 Å². The van der Waals surface area contributed by atoms with E-state index in [4.69, 9.17) is 4.74 Å². The molecule has 0 saturated heterocycles. The van der Waals surface area contributed by atoms with Crippen molar-refractivity contribution in [3.05, 3.63) is 87.3 Å². The van der Waals surface area contributed by atoms with Crippen molar-refractivity contribution < 1.29 is 9.53 Å². The number of pyridine rings is 1. The first-order valence-corrected chi connectivity index (χ1v) is 8.70. The van der Waals surface area contributed by atoms with E-state index in [0.29, 0.717) is 22.4 Å². The van der Waals surface area contributed by atoms with Crippen LogP contribution < -0.4 is 15.5 Å². The average molecular weight is 362 g/mol. The zero-order valence-corrected chi connectivity index (χ0v) is 15.6. The SMILES string of the molecule is COc1ccccc1-c1ccc(C(=O)NCc2[nH]cc(C)c(=O)c2C)cc1. The Morgan fingerprint density at radius 1 is 1.07 bits per heavy atom. The average Bonchev–Trinajstić information content (AvgIpc) is 2.71. The summed E-state index contributed by atoms with van der Waals surface area (Å²) >= 11 is 0. The molecule has 1 heterocycles. The van der Waals surface area contributed by atoms with Gasteiger partial charge in [-0.05, 0) is 37.6 Å². The molecule has 0 aliphatic rings. The lowest BCUT2D eigenvalue weighted by Crippen LogP contribution is -2.25. The van der Waals surface area contributed by atoms with Crippen LogP contribution in [-0.4, -0.2) is 18.0 Å². The van der Waals surface area contributed by atoms with Crippen LogP contribution in [0, 0.1) is 13.8 Å². The molecule has 2 N–H and O–H groups in total. The van der Waals surface area contributed by atoms with E-state index in [2.05, 4.69) is 10.3 Å². The predicted octanol–water partition coefficient (Wildman–Crippen LogP) is 3.60. The van der Waals surface area contributed by atoms with Crippen molar-refractivity contribution in [2.75, 3.05) is 7.11 Å². The van der Waals surface area contributed by atoms with Crippen molar-refractivity contribution in [3.8, 4) is 16.9 Å². The second-order valence-electron chi connectivity index (χ2n) is 6.36. The van der Waals surface area contributed by atoms with Crippen LogP contribution in [0.15, 0.2) is 59.5 Å². The number of carbonyl (C=O) groups is 1. The summed E-state index contributed by atoms with van der Waals surface area (Å²) in [4.78, 5) is 27.5. The van der Waals surface area contributed by atoms with Gasteiger partial charge in [-0.15, -0.1) is 0 Å². The summed E-state index contributed by atoms with van der Waals surface area (Å²) in [5.74, 6) is 0.593. The second kappa shape index (κ2) is 7.91. The summed E-state index contributed by atoms with van der Waals surface area (Å²) < 4.78 is 5.39. The standard InChI is InChI=1S/C22H22N2O3/c1-14-12-23-19(15(2)21(14)25)13-24-22(26)17-10-8-16(9-11-17)18-6-4-5-7-20(18)27-3/h4-12H,13H2,1-3H3,(H,23,25)(H,24,26). The van der Waals surface area contributed by atoms with Crippen molar-refractivity contribution >= 4 is 5.91 Å². The van der Waals surface area contributed by atoms with Crippen LogP contribution in [0.1, 0.15) is 27.2 Å². The number of ether oxygens (including phenoxy) is 1. The number of aryl methyl sites for hydroxylation is 1. The Balaban J connectivity index is 1.73. The molecule has 0 unspecified atom stereocenters. The van der Waals surface area contributed by atoms with E-state index in [0.717, 1.165) is 16.9 Å². The number of hydrogen-bond donors (Lipinski definition) is 2. The Hall–Kier alpha value is -3.34. The predicted molar refractivity (Wildman–Crippen MR) is 106 cm³/mol. The first kappa shape index (κ1) is 18.5. The number of para-hydroxylation sites is 1. The number of methoxy groups -OCH3 is 1. The van der Waals surface area contributed by atoms with E-state index < -0.39 is 0 Å². The van der Waals surface area contributed by atoms with Gasteiger partial charge in [0.25, 0.3) is 5.91 Å². The highest BCUT2D eigenvalue weighted by Crippen LogP contribution is 2.29. The fourth-order valence-electron chi connectivity index (χ4n) is 2.94. The summed E-state index contributed by atoms with van der Waals surface area (Å²) in [7, 11) is 1.64. The van der Waals surface area contributed by atoms with Gasteiger partial charge in [0.05, 0.1) is 13.7 Å². The molecule has 0 bridgehead atoms. The number of aromatic amines is 1. The molecule has 0 atom stereocenters. The minimum Gasteiger partial charge on any atom is -0.496 e. The highest BCUT2D eigenvalue weighted by Gasteiger charge is 2.10. The van der Waals surface area contributed by atoms with Gasteiger partial charge in [-0.2, -0.15) is 0 Å². The van der Waals surface area contributed by atoms with E-state index in [1.165, 1.54) is 0 Å². The zero-order valence-electron chi connectivity index (χ0n) is 15.6. The highest BCUT2D eigenvalue weighted by molar-refractivity contribution is 5.94. The molecule has 3 aromatic rings. The lowest BCUT2D eigenvalue weighted by Gasteiger charge is -2.10. The zero-order chi connectivity index (χ0) is 19.4. The fraction of sp³-hybridized carbons (Fsp3) is 0.182. The van der Waals surface area contributed by atoms with Gasteiger partial charge in [0.15, 0.2) is 5.43 Å². The maximum absolute atomic E-state index is 12.4. The van der Waals surface area contributed by atoms with Crippen LogP contribution in [0.4, 0.5) is 0 Å². The Bertz CT molecular complexity index is 1020. The number of aromatic nitrogens is 1. The lowest BCUT2D eigenvalue weighted by atomic mass is 10.0. The summed E-state index contributed by atoms with van der Waals surface area (Å²) in [5, 5.41) is 2.85. The van der Waals surface area contributed by atoms with Crippen molar-refractivity contribution in [1.82, 2.24) is 10.3 Å². The van der Waals surface area contributed by atoms with Gasteiger partial charge in [0.2, 0.25) is 0 Å². The number of rotatable bonds is 5. The molecule has 2 aromatic carbocycles. The second-order valence-corrected chi connectivity index (χ2v) is 6.36. The third kappa shape index (κ3) is 3.92. The number of carbonyl (C=O) groups excluding carboxylic acids is 1. The molecule has 27 heavy (non-hydrogen) atoms. The van der Waals surface area contributed by atoms with E-state index in [9.17, 15) is 9.59 Å². The van der Waals surface area contributed by atoms with Crippen molar-refractivity contribution in [2.24, 2.45) is 0 Å². The number of nitrogens with one attached hydrogen (secondary N) is 2. The van der Waals surface area contributed by atoms with Crippen LogP contribution in [-0.2, 0) is 6.54 Å². The normalized spacial score (nSPS) is 10.5. The van der Waals surface area contributed by atoms with E-state index >= 15 is 0 Å². The van der Waals surface area contributed by atoms with E-state index in [1.807, 2.05) is 36.4 Å². The molecule has 0 spiro atoms. The summed E-state index contributed by atoms with van der Waals surface area (Å²) in [6.45, 7) is 3.79. The number of amides is 1. The van der Waals surface area contributed by atoms with Gasteiger partial charge in [-0.3, -0.25) is 9.59 Å². The highest BCUT2D eigenvalue weighted by atomic mass is 16.5. The van der Waals surface area contributed by atoms with E-state index in [1.54, 1.807) is 39.3 Å². The van der Waals surface area contributed by atoms with Gasteiger partial charge >= 0.3 is 0 Å². The largest absolute Gasteiger partial charge is 0.496 e. The molecular weight excluding hydrogens is 340 g/mol. The third-order valence-corrected chi connectivity index (χ3v) is 4.61. The van der Waals surface area contributed by atoms with Crippen molar-refractivity contribution in [3.63, 3.8) is 0 Å². The number of hydrogen-bond acceptors (Lipinski definition) is 3. The molecule has 0 aliphatic carbocycles. The molecule has 5 nitrogen and oxygen atoms in total. The summed E-state index contributed by atoms with van der Waals surface area (Å²) in [6.07, 6.45) is 1.67. The molecule has 0 aliphatic heterocycles. The van der Waals surface area contributed by atoms with Crippen LogP contribution >= 0.6 is 0 Å². The first-order chi connectivity index (χ1) is 13.0. The molecule has 138 valence electrons. The molecule has 3 rings (SSSR count). The Labute approximate surface area is 158 Å². The van der Waals surface area contributed by atoms with Crippen molar-refractivity contribution in [1.29, 1.82) is 0 Å². The quantitative estimate of drug-likeness (QED) is 0.728. The van der Waals surface area contributed by atoms with E-state index in [-0.39, 0.29) is 17.9 Å². The molecule has 1 aromatic heterocycles. The lowest BCUT2D eigenvalue weighted by molar-refractivity contribution is 0.0950. The van der Waals surface area contributed by atoms with Crippen LogP contribution in [0.5, 0.6) is 5.75 Å². The molecular formula is C22H22N2O3. The molecule has 5 heteroatoms. The summed E-state index contributed by atoms with van der Waals surface area (Å²) in [6, 6.07) is 15.1. The van der Waals surface area contributed by atoms with Gasteiger partial charge in [-0.1, -0.05) is 30.3 Å². The third-order valence-electron chi connectivity index (χ3n) is 4.61. The van der Waals surface area contributed by atoms with Gasteiger partial charge in [-0.25, -0.2) is 0 Å². The van der Waals surface area contributed by atoms with Gasteiger partial charge in [0.1, 0.15) is 5.75 Å². The van der Waals surface area contributed by atoms with Gasteiger partial charge < -0.3 is 15.0 Å². The first-order valence-electron chi connectivity index (χ1n) is 8.70. The smallest absolute Gasteiger partial charge is 0.251 e. The summed E-state index contributed by atoms with van der Waals surface area (Å²) in [5.41, 5.74) is 4.50. The van der Waals surface area contributed by atoms with Crippen LogP contribution in [0.2, 0.25) is 0 Å². The fourth-order valence-corrected chi connectivity index (χ4v) is 2.94. The number of H-pyrrole nitrogens is 1. The Kier molecular flexibility index (Phi) is 5.41. The number of benzene rings is 2. The van der Waals surface area contributed by atoms with Crippen LogP contribution in [0.25, 0.3) is 11.1 Å². The molecule has 0 fully saturated rings. The maximum atomic E-state index is 12.4. The maximum Gasteiger partial charge on any atom is 0.251 e. The Morgan fingerprint density at radius 2 is 1.78 bits per heavy atom. The Morgan fingerprint density at radius 3 is 2.48 bits per heavy atom. The van der Waals surface area contributed by atoms with Crippen LogP contribution in [0.3, 0.4) is 0 Å². The minimum atomic E-state index is -0.192. The molecule has 1 amide bonds. The van der Waals surface area contributed by atoms with Gasteiger partial charge in [0, 0.05) is 34.1 Å². The molecule has 0 radical (unpaired) electrons. The monoisotopic (exact) mass is 362 g/mol. The van der Waals surface area contributed by atoms with Crippen molar-refractivity contribution in [2.45, 2.75) is 20.4 Å².